The van der Waals surface area contributed by atoms with E-state index >= 15 is 0 Å². The standard InChI is InChI=1S/C31H33N3O3/c1-36-31(35)27-14-12-26(13-15-27)30-32-29(37-33-30)22-23-16-19-34(20-17-23)21-18-28(24-8-4-2-5-9-24)25-10-6-3-7-11-25/h2-15,23,28H,16-22H2,1H3. The SMILES string of the molecule is COC(=O)c1ccc(-c2noc(CC3CCN(CCC(c4ccccc4)c4ccccc4)CC3)n2)cc1. The Balaban J connectivity index is 1.13. The van der Waals surface area contributed by atoms with E-state index in [0.717, 1.165) is 50.9 Å². The van der Waals surface area contributed by atoms with Crippen LogP contribution in [-0.2, 0) is 11.2 Å². The molecule has 5 rings (SSSR count). The molecule has 1 saturated heterocycles. The van der Waals surface area contributed by atoms with Crippen LogP contribution in [0, 0.1) is 5.92 Å². The van der Waals surface area contributed by atoms with Crippen LogP contribution in [0.15, 0.2) is 89.5 Å². The average molecular weight is 496 g/mol. The van der Waals surface area contributed by atoms with Crippen LogP contribution < -0.4 is 0 Å². The molecule has 1 aromatic heterocycles. The second kappa shape index (κ2) is 12.0. The normalized spacial score (nSPS) is 14.6. The van der Waals surface area contributed by atoms with Crippen molar-refractivity contribution < 1.29 is 14.1 Å². The predicted octanol–water partition coefficient (Wildman–Crippen LogP) is 6.00. The van der Waals surface area contributed by atoms with Crippen LogP contribution in [0.2, 0.25) is 0 Å². The van der Waals surface area contributed by atoms with Crippen molar-refractivity contribution in [3.8, 4) is 11.4 Å². The number of likely N-dealkylation sites (tertiary alicyclic amines) is 1. The minimum absolute atomic E-state index is 0.359. The first-order valence-corrected chi connectivity index (χ1v) is 13.0. The van der Waals surface area contributed by atoms with Crippen LogP contribution in [0.1, 0.15) is 52.6 Å². The number of carbonyl (C=O) groups is 1. The molecule has 3 aromatic carbocycles. The summed E-state index contributed by atoms with van der Waals surface area (Å²) in [5, 5.41) is 4.16. The van der Waals surface area contributed by atoms with E-state index in [4.69, 9.17) is 9.26 Å². The Morgan fingerprint density at radius 1 is 0.946 bits per heavy atom. The predicted molar refractivity (Wildman–Crippen MR) is 143 cm³/mol. The smallest absolute Gasteiger partial charge is 0.337 e. The van der Waals surface area contributed by atoms with E-state index < -0.39 is 0 Å². The molecule has 0 unspecified atom stereocenters. The Bertz CT molecular complexity index is 1220. The molecule has 190 valence electrons. The molecule has 0 amide bonds. The fourth-order valence-electron chi connectivity index (χ4n) is 5.20. The first kappa shape index (κ1) is 24.9. The Kier molecular flexibility index (Phi) is 8.06. The van der Waals surface area contributed by atoms with Crippen LogP contribution in [0.3, 0.4) is 0 Å². The van der Waals surface area contributed by atoms with Gasteiger partial charge in [0.2, 0.25) is 11.7 Å². The topological polar surface area (TPSA) is 68.5 Å². The average Bonchev–Trinajstić information content (AvgIpc) is 3.43. The number of hydrogen-bond acceptors (Lipinski definition) is 6. The maximum atomic E-state index is 11.6. The number of rotatable bonds is 9. The molecule has 0 radical (unpaired) electrons. The van der Waals surface area contributed by atoms with E-state index in [-0.39, 0.29) is 5.97 Å². The van der Waals surface area contributed by atoms with Crippen molar-refractivity contribution in [3.63, 3.8) is 0 Å². The molecule has 0 bridgehead atoms. The molecular formula is C31H33N3O3. The third kappa shape index (κ3) is 6.33. The number of esters is 1. The van der Waals surface area contributed by atoms with E-state index in [1.807, 2.05) is 12.1 Å². The molecular weight excluding hydrogens is 462 g/mol. The highest BCUT2D eigenvalue weighted by Crippen LogP contribution is 2.29. The Morgan fingerprint density at radius 3 is 2.16 bits per heavy atom. The van der Waals surface area contributed by atoms with Gasteiger partial charge in [0, 0.05) is 17.9 Å². The highest BCUT2D eigenvalue weighted by Gasteiger charge is 2.23. The molecule has 6 heteroatoms. The van der Waals surface area contributed by atoms with Gasteiger partial charge in [0.25, 0.3) is 0 Å². The number of benzene rings is 3. The van der Waals surface area contributed by atoms with Crippen molar-refractivity contribution in [1.82, 2.24) is 15.0 Å². The number of ether oxygens (including phenoxy) is 1. The first-order valence-electron chi connectivity index (χ1n) is 13.0. The Hall–Kier alpha value is -3.77. The van der Waals surface area contributed by atoms with Crippen LogP contribution in [0.5, 0.6) is 0 Å². The number of aromatic nitrogens is 2. The van der Waals surface area contributed by atoms with Crippen molar-refractivity contribution in [2.24, 2.45) is 5.92 Å². The van der Waals surface area contributed by atoms with Crippen molar-refractivity contribution in [2.75, 3.05) is 26.7 Å². The van der Waals surface area contributed by atoms with Crippen LogP contribution >= 0.6 is 0 Å². The highest BCUT2D eigenvalue weighted by atomic mass is 16.5. The minimum Gasteiger partial charge on any atom is -0.465 e. The zero-order chi connectivity index (χ0) is 25.5. The van der Waals surface area contributed by atoms with Gasteiger partial charge >= 0.3 is 5.97 Å². The fourth-order valence-corrected chi connectivity index (χ4v) is 5.20. The third-order valence-electron chi connectivity index (χ3n) is 7.34. The van der Waals surface area contributed by atoms with Gasteiger partial charge < -0.3 is 14.2 Å². The number of methoxy groups -OCH3 is 1. The summed E-state index contributed by atoms with van der Waals surface area (Å²) >= 11 is 0. The lowest BCUT2D eigenvalue weighted by atomic mass is 9.87. The lowest BCUT2D eigenvalue weighted by Crippen LogP contribution is -2.35. The molecule has 0 atom stereocenters. The third-order valence-corrected chi connectivity index (χ3v) is 7.34. The van der Waals surface area contributed by atoms with Gasteiger partial charge in [-0.25, -0.2) is 4.79 Å². The van der Waals surface area contributed by atoms with Crippen molar-refractivity contribution in [1.29, 1.82) is 0 Å². The number of piperidine rings is 1. The molecule has 0 N–H and O–H groups in total. The second-order valence-electron chi connectivity index (χ2n) is 9.73. The van der Waals surface area contributed by atoms with Gasteiger partial charge in [0.15, 0.2) is 0 Å². The molecule has 0 spiro atoms. The summed E-state index contributed by atoms with van der Waals surface area (Å²) in [4.78, 5) is 18.8. The van der Waals surface area contributed by atoms with Gasteiger partial charge in [-0.05, 0) is 68.1 Å². The van der Waals surface area contributed by atoms with E-state index in [2.05, 4.69) is 75.7 Å². The number of hydrogen-bond donors (Lipinski definition) is 0. The van der Waals surface area contributed by atoms with Gasteiger partial charge in [-0.1, -0.05) is 78.0 Å². The van der Waals surface area contributed by atoms with Crippen LogP contribution in [0.4, 0.5) is 0 Å². The molecule has 0 saturated carbocycles. The molecule has 2 heterocycles. The van der Waals surface area contributed by atoms with Crippen LogP contribution in [0.25, 0.3) is 11.4 Å². The maximum Gasteiger partial charge on any atom is 0.337 e. The molecule has 0 aliphatic carbocycles. The van der Waals surface area contributed by atoms with E-state index in [9.17, 15) is 4.79 Å². The molecule has 37 heavy (non-hydrogen) atoms. The largest absolute Gasteiger partial charge is 0.465 e. The van der Waals surface area contributed by atoms with Crippen molar-refractivity contribution in [2.45, 2.75) is 31.6 Å². The Labute approximate surface area is 218 Å². The summed E-state index contributed by atoms with van der Waals surface area (Å²) in [6, 6.07) is 28.8. The summed E-state index contributed by atoms with van der Waals surface area (Å²) in [6.07, 6.45) is 4.18. The van der Waals surface area contributed by atoms with Crippen molar-refractivity contribution >= 4 is 5.97 Å². The summed E-state index contributed by atoms with van der Waals surface area (Å²) < 4.78 is 10.3. The lowest BCUT2D eigenvalue weighted by Gasteiger charge is -2.32. The fraction of sp³-hybridized carbons (Fsp3) is 0.323. The van der Waals surface area contributed by atoms with Crippen LogP contribution in [-0.4, -0.2) is 47.8 Å². The molecule has 1 fully saturated rings. The van der Waals surface area contributed by atoms with Gasteiger partial charge in [-0.15, -0.1) is 0 Å². The van der Waals surface area contributed by atoms with Gasteiger partial charge in [-0.3, -0.25) is 0 Å². The zero-order valence-electron chi connectivity index (χ0n) is 21.3. The molecule has 1 aliphatic rings. The van der Waals surface area contributed by atoms with Gasteiger partial charge in [-0.2, -0.15) is 4.98 Å². The van der Waals surface area contributed by atoms with Gasteiger partial charge in [0.05, 0.1) is 12.7 Å². The molecule has 6 nitrogen and oxygen atoms in total. The Morgan fingerprint density at radius 2 is 1.57 bits per heavy atom. The van der Waals surface area contributed by atoms with Gasteiger partial charge in [0.1, 0.15) is 0 Å². The lowest BCUT2D eigenvalue weighted by molar-refractivity contribution is 0.0600. The molecule has 4 aromatic rings. The van der Waals surface area contributed by atoms with Crippen molar-refractivity contribution in [3.05, 3.63) is 108 Å². The number of nitrogens with zero attached hydrogens (tertiary/aromatic N) is 3. The quantitative estimate of drug-likeness (QED) is 0.265. The number of carbonyl (C=O) groups excluding carboxylic acids is 1. The highest BCUT2D eigenvalue weighted by molar-refractivity contribution is 5.89. The minimum atomic E-state index is -0.359. The first-order chi connectivity index (χ1) is 18.2. The molecule has 1 aliphatic heterocycles. The zero-order valence-corrected chi connectivity index (χ0v) is 21.3. The monoisotopic (exact) mass is 495 g/mol. The van der Waals surface area contributed by atoms with E-state index in [0.29, 0.717) is 29.1 Å². The summed E-state index contributed by atoms with van der Waals surface area (Å²) in [5.41, 5.74) is 4.09. The maximum absolute atomic E-state index is 11.6. The van der Waals surface area contributed by atoms with E-state index in [1.54, 1.807) is 12.1 Å². The summed E-state index contributed by atoms with van der Waals surface area (Å²) in [5.74, 6) is 1.83. The van der Waals surface area contributed by atoms with E-state index in [1.165, 1.54) is 18.2 Å². The second-order valence-corrected chi connectivity index (χ2v) is 9.73. The summed E-state index contributed by atoms with van der Waals surface area (Å²) in [6.45, 7) is 3.28. The summed E-state index contributed by atoms with van der Waals surface area (Å²) in [7, 11) is 1.37.